The number of amides is 2. The Bertz CT molecular complexity index is 681. The van der Waals surface area contributed by atoms with Gasteiger partial charge in [-0.1, -0.05) is 19.3 Å². The van der Waals surface area contributed by atoms with Crippen LogP contribution in [0.15, 0.2) is 27.8 Å². The SMILES string of the molecule is CCNC(=NCCNC(=O)C1CCCCC1)N1CCN(C(=O)c2ccco2)CC1.I. The van der Waals surface area contributed by atoms with Crippen LogP contribution >= 0.6 is 24.0 Å². The van der Waals surface area contributed by atoms with E-state index in [1.807, 2.05) is 11.8 Å². The molecule has 2 N–H and O–H groups in total. The summed E-state index contributed by atoms with van der Waals surface area (Å²) in [5.74, 6) is 1.51. The summed E-state index contributed by atoms with van der Waals surface area (Å²) in [5.41, 5.74) is 0. The Balaban J connectivity index is 0.00000320. The lowest BCUT2D eigenvalue weighted by Crippen LogP contribution is -2.53. The Morgan fingerprint density at radius 2 is 1.80 bits per heavy atom. The summed E-state index contributed by atoms with van der Waals surface area (Å²) in [6.45, 7) is 6.60. The fraction of sp³-hybridized carbons (Fsp3) is 0.667. The predicted octanol–water partition coefficient (Wildman–Crippen LogP) is 2.32. The van der Waals surface area contributed by atoms with Gasteiger partial charge in [-0.25, -0.2) is 0 Å². The first kappa shape index (κ1) is 24.5. The summed E-state index contributed by atoms with van der Waals surface area (Å²) >= 11 is 0. The first-order valence-corrected chi connectivity index (χ1v) is 10.8. The van der Waals surface area contributed by atoms with Gasteiger partial charge in [-0.3, -0.25) is 14.6 Å². The minimum atomic E-state index is -0.0676. The van der Waals surface area contributed by atoms with E-state index in [1.165, 1.54) is 12.7 Å². The standard InChI is InChI=1S/C21H33N5O3.HI/c1-2-22-21(24-11-10-23-19(27)17-7-4-3-5-8-17)26-14-12-25(13-15-26)20(28)18-9-6-16-29-18;/h6,9,16-17H,2-5,7-8,10-15H2,1H3,(H,22,24)(H,23,27);1H. The number of nitrogens with zero attached hydrogens (tertiary/aromatic N) is 3. The average molecular weight is 531 g/mol. The second-order valence-electron chi connectivity index (χ2n) is 7.62. The van der Waals surface area contributed by atoms with E-state index in [-0.39, 0.29) is 41.7 Å². The van der Waals surface area contributed by atoms with Crippen LogP contribution in [0.3, 0.4) is 0 Å². The molecule has 0 spiro atoms. The molecule has 1 saturated heterocycles. The molecule has 8 nitrogen and oxygen atoms in total. The number of furan rings is 1. The van der Waals surface area contributed by atoms with Crippen molar-refractivity contribution in [3.8, 4) is 0 Å². The molecule has 0 radical (unpaired) electrons. The highest BCUT2D eigenvalue weighted by molar-refractivity contribution is 14.0. The third kappa shape index (κ3) is 6.88. The predicted molar refractivity (Wildman–Crippen MR) is 127 cm³/mol. The van der Waals surface area contributed by atoms with Crippen molar-refractivity contribution in [3.05, 3.63) is 24.2 Å². The van der Waals surface area contributed by atoms with Gasteiger partial charge in [0, 0.05) is 45.2 Å². The lowest BCUT2D eigenvalue weighted by Gasteiger charge is -2.36. The van der Waals surface area contributed by atoms with Crippen LogP contribution in [-0.2, 0) is 4.79 Å². The number of carbonyl (C=O) groups is 2. The monoisotopic (exact) mass is 531 g/mol. The minimum Gasteiger partial charge on any atom is -0.459 e. The largest absolute Gasteiger partial charge is 0.459 e. The molecule has 1 saturated carbocycles. The van der Waals surface area contributed by atoms with E-state index in [4.69, 9.17) is 4.42 Å². The second kappa shape index (κ2) is 12.8. The smallest absolute Gasteiger partial charge is 0.289 e. The fourth-order valence-corrected chi connectivity index (χ4v) is 3.95. The Morgan fingerprint density at radius 1 is 1.10 bits per heavy atom. The van der Waals surface area contributed by atoms with Gasteiger partial charge in [0.2, 0.25) is 5.91 Å². The van der Waals surface area contributed by atoms with Crippen LogP contribution in [0.4, 0.5) is 0 Å². The third-order valence-electron chi connectivity index (χ3n) is 5.58. The summed E-state index contributed by atoms with van der Waals surface area (Å²) in [7, 11) is 0. The number of carbonyl (C=O) groups excluding carboxylic acids is 2. The third-order valence-corrected chi connectivity index (χ3v) is 5.58. The Hall–Kier alpha value is -1.78. The molecule has 2 fully saturated rings. The zero-order valence-corrected chi connectivity index (χ0v) is 20.1. The van der Waals surface area contributed by atoms with E-state index in [0.29, 0.717) is 45.0 Å². The van der Waals surface area contributed by atoms with E-state index >= 15 is 0 Å². The van der Waals surface area contributed by atoms with Crippen molar-refractivity contribution >= 4 is 41.8 Å². The van der Waals surface area contributed by atoms with Gasteiger partial charge in [-0.15, -0.1) is 24.0 Å². The Labute approximate surface area is 195 Å². The molecule has 1 aliphatic heterocycles. The van der Waals surface area contributed by atoms with Crippen LogP contribution in [0.1, 0.15) is 49.6 Å². The molecule has 0 aromatic carbocycles. The number of aliphatic imine (C=N–C) groups is 1. The van der Waals surface area contributed by atoms with Crippen molar-refractivity contribution in [2.24, 2.45) is 10.9 Å². The van der Waals surface area contributed by atoms with Crippen LogP contribution in [0.2, 0.25) is 0 Å². The number of piperazine rings is 1. The summed E-state index contributed by atoms with van der Waals surface area (Å²) < 4.78 is 5.21. The molecular weight excluding hydrogens is 497 g/mol. The first-order valence-electron chi connectivity index (χ1n) is 10.8. The highest BCUT2D eigenvalue weighted by Crippen LogP contribution is 2.23. The lowest BCUT2D eigenvalue weighted by molar-refractivity contribution is -0.125. The van der Waals surface area contributed by atoms with Gasteiger partial charge in [-0.05, 0) is 31.9 Å². The maximum atomic E-state index is 12.4. The highest BCUT2D eigenvalue weighted by atomic mass is 127. The topological polar surface area (TPSA) is 90.2 Å². The number of rotatable bonds is 6. The number of guanidine groups is 1. The van der Waals surface area contributed by atoms with E-state index in [9.17, 15) is 9.59 Å². The molecule has 1 aromatic rings. The molecule has 0 bridgehead atoms. The number of hydrogen-bond donors (Lipinski definition) is 2. The minimum absolute atomic E-state index is 0. The summed E-state index contributed by atoms with van der Waals surface area (Å²) in [4.78, 5) is 33.3. The lowest BCUT2D eigenvalue weighted by atomic mass is 9.89. The molecular formula is C21H34IN5O3. The zero-order valence-electron chi connectivity index (χ0n) is 17.8. The molecule has 2 heterocycles. The van der Waals surface area contributed by atoms with Gasteiger partial charge in [0.25, 0.3) is 5.91 Å². The summed E-state index contributed by atoms with van der Waals surface area (Å²) in [5, 5.41) is 6.35. The molecule has 0 unspecified atom stereocenters. The van der Waals surface area contributed by atoms with Crippen LogP contribution in [0, 0.1) is 5.92 Å². The molecule has 1 aromatic heterocycles. The maximum Gasteiger partial charge on any atom is 0.289 e. The van der Waals surface area contributed by atoms with Gasteiger partial charge < -0.3 is 24.9 Å². The second-order valence-corrected chi connectivity index (χ2v) is 7.62. The molecule has 2 aliphatic rings. The summed E-state index contributed by atoms with van der Waals surface area (Å²) in [6.07, 6.45) is 7.12. The van der Waals surface area contributed by atoms with Crippen LogP contribution < -0.4 is 10.6 Å². The molecule has 2 amide bonds. The van der Waals surface area contributed by atoms with Crippen molar-refractivity contribution < 1.29 is 14.0 Å². The van der Waals surface area contributed by atoms with Gasteiger partial charge in [0.15, 0.2) is 11.7 Å². The zero-order chi connectivity index (χ0) is 20.5. The van der Waals surface area contributed by atoms with Gasteiger partial charge >= 0.3 is 0 Å². The van der Waals surface area contributed by atoms with Gasteiger partial charge in [0.1, 0.15) is 0 Å². The maximum absolute atomic E-state index is 12.4. The first-order chi connectivity index (χ1) is 14.2. The average Bonchev–Trinajstić information content (AvgIpc) is 3.31. The van der Waals surface area contributed by atoms with Crippen LogP contribution in [-0.4, -0.2) is 73.4 Å². The summed E-state index contributed by atoms with van der Waals surface area (Å²) in [6, 6.07) is 3.42. The van der Waals surface area contributed by atoms with E-state index in [0.717, 1.165) is 38.2 Å². The quantitative estimate of drug-likeness (QED) is 0.255. The van der Waals surface area contributed by atoms with Gasteiger partial charge in [0.05, 0.1) is 12.8 Å². The molecule has 3 rings (SSSR count). The van der Waals surface area contributed by atoms with Gasteiger partial charge in [-0.2, -0.15) is 0 Å². The van der Waals surface area contributed by atoms with Crippen LogP contribution in [0.5, 0.6) is 0 Å². The highest BCUT2D eigenvalue weighted by Gasteiger charge is 2.25. The van der Waals surface area contributed by atoms with E-state index in [2.05, 4.69) is 20.5 Å². The van der Waals surface area contributed by atoms with E-state index < -0.39 is 0 Å². The normalized spacial score (nSPS) is 18.0. The van der Waals surface area contributed by atoms with E-state index in [1.54, 1.807) is 12.1 Å². The molecule has 30 heavy (non-hydrogen) atoms. The number of hydrogen-bond acceptors (Lipinski definition) is 4. The molecule has 168 valence electrons. The fourth-order valence-electron chi connectivity index (χ4n) is 3.95. The van der Waals surface area contributed by atoms with Crippen molar-refractivity contribution in [2.45, 2.75) is 39.0 Å². The molecule has 1 aliphatic carbocycles. The Morgan fingerprint density at radius 3 is 2.43 bits per heavy atom. The van der Waals surface area contributed by atoms with Crippen molar-refractivity contribution in [1.29, 1.82) is 0 Å². The molecule has 9 heteroatoms. The van der Waals surface area contributed by atoms with Crippen molar-refractivity contribution in [3.63, 3.8) is 0 Å². The molecule has 0 atom stereocenters. The number of halogens is 1. The van der Waals surface area contributed by atoms with Crippen LogP contribution in [0.25, 0.3) is 0 Å². The van der Waals surface area contributed by atoms with Crippen molar-refractivity contribution in [1.82, 2.24) is 20.4 Å². The van der Waals surface area contributed by atoms with Crippen molar-refractivity contribution in [2.75, 3.05) is 45.8 Å². The Kier molecular flexibility index (Phi) is 10.5. The number of nitrogens with one attached hydrogen (secondary N) is 2.